The summed E-state index contributed by atoms with van der Waals surface area (Å²) in [6.07, 6.45) is 7.38. The fourth-order valence-corrected chi connectivity index (χ4v) is 2.41. The van der Waals surface area contributed by atoms with Gasteiger partial charge < -0.3 is 14.8 Å². The van der Waals surface area contributed by atoms with Crippen LogP contribution >= 0.6 is 0 Å². The van der Waals surface area contributed by atoms with Gasteiger partial charge in [0.15, 0.2) is 0 Å². The van der Waals surface area contributed by atoms with Crippen molar-refractivity contribution in [3.8, 4) is 0 Å². The van der Waals surface area contributed by atoms with Gasteiger partial charge in [-0.3, -0.25) is 0 Å². The highest BCUT2D eigenvalue weighted by atomic mass is 16.5. The van der Waals surface area contributed by atoms with E-state index in [9.17, 15) is 0 Å². The normalized spacial score (nSPS) is 18.7. The minimum absolute atomic E-state index is 0.101. The first-order valence-corrected chi connectivity index (χ1v) is 7.25. The highest BCUT2D eigenvalue weighted by molar-refractivity contribution is 4.88. The highest BCUT2D eigenvalue weighted by Crippen LogP contribution is 2.32. The van der Waals surface area contributed by atoms with Crippen LogP contribution in [0.25, 0.3) is 0 Å². The Morgan fingerprint density at radius 2 is 1.82 bits per heavy atom. The van der Waals surface area contributed by atoms with Crippen LogP contribution in [-0.4, -0.2) is 38.5 Å². The summed E-state index contributed by atoms with van der Waals surface area (Å²) in [6, 6.07) is 0. The van der Waals surface area contributed by atoms with Crippen LogP contribution in [0.3, 0.4) is 0 Å². The van der Waals surface area contributed by atoms with Crippen molar-refractivity contribution in [2.75, 3.05) is 32.9 Å². The first-order valence-electron chi connectivity index (χ1n) is 7.25. The molecule has 0 atom stereocenters. The number of rotatable bonds is 10. The van der Waals surface area contributed by atoms with Crippen LogP contribution in [0.15, 0.2) is 0 Å². The predicted molar refractivity (Wildman–Crippen MR) is 71.4 cm³/mol. The van der Waals surface area contributed by atoms with Crippen molar-refractivity contribution in [1.29, 1.82) is 0 Å². The summed E-state index contributed by atoms with van der Waals surface area (Å²) in [5.74, 6) is 0. The number of hydrogen-bond acceptors (Lipinski definition) is 3. The van der Waals surface area contributed by atoms with Gasteiger partial charge in [-0.05, 0) is 25.8 Å². The van der Waals surface area contributed by atoms with Crippen molar-refractivity contribution in [2.45, 2.75) is 58.0 Å². The highest BCUT2D eigenvalue weighted by Gasteiger charge is 2.34. The van der Waals surface area contributed by atoms with E-state index in [0.717, 1.165) is 39.3 Å². The average Bonchev–Trinajstić information content (AvgIpc) is 2.80. The zero-order valence-electron chi connectivity index (χ0n) is 11.6. The lowest BCUT2D eigenvalue weighted by Gasteiger charge is -2.29. The van der Waals surface area contributed by atoms with Gasteiger partial charge in [0.25, 0.3) is 0 Å². The second-order valence-corrected chi connectivity index (χ2v) is 4.98. The largest absolute Gasteiger partial charge is 0.379 e. The second-order valence-electron chi connectivity index (χ2n) is 4.98. The molecule has 1 N–H and O–H groups in total. The topological polar surface area (TPSA) is 30.5 Å². The molecule has 0 aromatic carbocycles. The molecule has 1 rings (SSSR count). The SMILES string of the molecule is CCCCOCCOC1(CNCC)CCCC1. The van der Waals surface area contributed by atoms with Gasteiger partial charge in [-0.2, -0.15) is 0 Å². The molecule has 0 aromatic heterocycles. The molecule has 0 saturated heterocycles. The molecular formula is C14H29NO2. The molecule has 0 spiro atoms. The molecule has 0 unspecified atom stereocenters. The van der Waals surface area contributed by atoms with E-state index in [0.29, 0.717) is 0 Å². The van der Waals surface area contributed by atoms with E-state index in [1.807, 2.05) is 0 Å². The third-order valence-corrected chi connectivity index (χ3v) is 3.49. The summed E-state index contributed by atoms with van der Waals surface area (Å²) in [7, 11) is 0. The molecule has 1 aliphatic rings. The smallest absolute Gasteiger partial charge is 0.0807 e. The quantitative estimate of drug-likeness (QED) is 0.598. The Balaban J connectivity index is 2.12. The summed E-state index contributed by atoms with van der Waals surface area (Å²) in [4.78, 5) is 0. The van der Waals surface area contributed by atoms with Crippen LogP contribution in [-0.2, 0) is 9.47 Å². The van der Waals surface area contributed by atoms with Gasteiger partial charge in [-0.15, -0.1) is 0 Å². The Bertz CT molecular complexity index is 179. The fraction of sp³-hybridized carbons (Fsp3) is 1.00. The number of unbranched alkanes of at least 4 members (excludes halogenated alkanes) is 1. The molecule has 0 aliphatic heterocycles. The molecule has 0 heterocycles. The number of nitrogens with one attached hydrogen (secondary N) is 1. The summed E-state index contributed by atoms with van der Waals surface area (Å²) >= 11 is 0. The molecule has 17 heavy (non-hydrogen) atoms. The third-order valence-electron chi connectivity index (χ3n) is 3.49. The summed E-state index contributed by atoms with van der Waals surface area (Å²) < 4.78 is 11.6. The Hall–Kier alpha value is -0.120. The first kappa shape index (κ1) is 14.9. The van der Waals surface area contributed by atoms with Crippen molar-refractivity contribution in [3.63, 3.8) is 0 Å². The lowest BCUT2D eigenvalue weighted by molar-refractivity contribution is -0.0625. The summed E-state index contributed by atoms with van der Waals surface area (Å²) in [5, 5.41) is 3.43. The maximum absolute atomic E-state index is 6.09. The van der Waals surface area contributed by atoms with E-state index in [-0.39, 0.29) is 5.60 Å². The monoisotopic (exact) mass is 243 g/mol. The minimum atomic E-state index is 0.101. The van der Waals surface area contributed by atoms with Gasteiger partial charge in [0, 0.05) is 13.2 Å². The van der Waals surface area contributed by atoms with Crippen molar-refractivity contribution < 1.29 is 9.47 Å². The fourth-order valence-electron chi connectivity index (χ4n) is 2.41. The Labute approximate surface area is 106 Å². The standard InChI is InChI=1S/C14H29NO2/c1-3-5-10-16-11-12-17-14(13-15-4-2)8-6-7-9-14/h15H,3-13H2,1-2H3. The van der Waals surface area contributed by atoms with Gasteiger partial charge in [-0.1, -0.05) is 33.1 Å². The molecule has 1 fully saturated rings. The van der Waals surface area contributed by atoms with Gasteiger partial charge >= 0.3 is 0 Å². The molecule has 1 aliphatic carbocycles. The Kier molecular flexibility index (Phi) is 7.82. The molecule has 3 heteroatoms. The van der Waals surface area contributed by atoms with Crippen LogP contribution in [0.1, 0.15) is 52.4 Å². The molecule has 102 valence electrons. The van der Waals surface area contributed by atoms with Crippen molar-refractivity contribution in [3.05, 3.63) is 0 Å². The van der Waals surface area contributed by atoms with E-state index in [1.165, 1.54) is 32.1 Å². The second kappa shape index (κ2) is 8.90. The maximum Gasteiger partial charge on any atom is 0.0807 e. The number of likely N-dealkylation sites (N-methyl/N-ethyl adjacent to an activating group) is 1. The van der Waals surface area contributed by atoms with Crippen LogP contribution in [0.2, 0.25) is 0 Å². The molecular weight excluding hydrogens is 214 g/mol. The van der Waals surface area contributed by atoms with E-state index in [4.69, 9.17) is 9.47 Å². The molecule has 1 saturated carbocycles. The summed E-state index contributed by atoms with van der Waals surface area (Å²) in [5.41, 5.74) is 0.101. The van der Waals surface area contributed by atoms with Crippen LogP contribution in [0, 0.1) is 0 Å². The van der Waals surface area contributed by atoms with Gasteiger partial charge in [-0.25, -0.2) is 0 Å². The van der Waals surface area contributed by atoms with Gasteiger partial charge in [0.2, 0.25) is 0 Å². The lowest BCUT2D eigenvalue weighted by Crippen LogP contribution is -2.41. The van der Waals surface area contributed by atoms with Crippen LogP contribution in [0.4, 0.5) is 0 Å². The van der Waals surface area contributed by atoms with E-state index >= 15 is 0 Å². The van der Waals surface area contributed by atoms with Crippen LogP contribution in [0.5, 0.6) is 0 Å². The van der Waals surface area contributed by atoms with E-state index < -0.39 is 0 Å². The number of ether oxygens (including phenoxy) is 2. The Morgan fingerprint density at radius 3 is 2.47 bits per heavy atom. The minimum Gasteiger partial charge on any atom is -0.379 e. The predicted octanol–water partition coefficient (Wildman–Crippen LogP) is 2.74. The molecule has 0 aromatic rings. The third kappa shape index (κ3) is 5.84. The zero-order valence-corrected chi connectivity index (χ0v) is 11.6. The van der Waals surface area contributed by atoms with E-state index in [2.05, 4.69) is 19.2 Å². The molecule has 0 amide bonds. The maximum atomic E-state index is 6.09. The van der Waals surface area contributed by atoms with E-state index in [1.54, 1.807) is 0 Å². The summed E-state index contributed by atoms with van der Waals surface area (Å²) in [6.45, 7) is 8.72. The van der Waals surface area contributed by atoms with Crippen molar-refractivity contribution in [2.24, 2.45) is 0 Å². The molecule has 0 bridgehead atoms. The van der Waals surface area contributed by atoms with Crippen LogP contribution < -0.4 is 5.32 Å². The Morgan fingerprint density at radius 1 is 1.06 bits per heavy atom. The van der Waals surface area contributed by atoms with Gasteiger partial charge in [0.1, 0.15) is 0 Å². The first-order chi connectivity index (χ1) is 8.33. The molecule has 3 nitrogen and oxygen atoms in total. The lowest BCUT2D eigenvalue weighted by atomic mass is 10.0. The number of hydrogen-bond donors (Lipinski definition) is 1. The van der Waals surface area contributed by atoms with Crippen molar-refractivity contribution in [1.82, 2.24) is 5.32 Å². The van der Waals surface area contributed by atoms with Crippen molar-refractivity contribution >= 4 is 0 Å². The zero-order chi connectivity index (χ0) is 12.4. The molecule has 0 radical (unpaired) electrons. The average molecular weight is 243 g/mol. The van der Waals surface area contributed by atoms with Gasteiger partial charge in [0.05, 0.1) is 18.8 Å².